The first kappa shape index (κ1) is 20.8. The third-order valence-corrected chi connectivity index (χ3v) is 6.09. The zero-order valence-corrected chi connectivity index (χ0v) is 17.8. The molecule has 1 aromatic carbocycles. The summed E-state index contributed by atoms with van der Waals surface area (Å²) in [6.07, 6.45) is -1.29. The standard InChI is InChI=1S/C17H14ClF2N7OS2/c1-27-8-10(12(26-27)13(19)20)15-23-25-17(28-15)30-7-6-29-16-21-14(22-24-16)9-4-2-3-5-11(9)18/h2-5,8,13H,6-7H2,1H3,(H,21,22,24). The van der Waals surface area contributed by atoms with Crippen molar-refractivity contribution in [3.63, 3.8) is 0 Å². The van der Waals surface area contributed by atoms with Crippen LogP contribution in [0, 0.1) is 0 Å². The lowest BCUT2D eigenvalue weighted by Crippen LogP contribution is -1.91. The van der Waals surface area contributed by atoms with Gasteiger partial charge in [0.05, 0.1) is 10.6 Å². The van der Waals surface area contributed by atoms with E-state index in [1.165, 1.54) is 34.4 Å². The number of aromatic nitrogens is 7. The van der Waals surface area contributed by atoms with Crippen LogP contribution < -0.4 is 0 Å². The smallest absolute Gasteiger partial charge is 0.282 e. The van der Waals surface area contributed by atoms with Crippen molar-refractivity contribution in [3.8, 4) is 22.8 Å². The highest BCUT2D eigenvalue weighted by Gasteiger charge is 2.23. The quantitative estimate of drug-likeness (QED) is 0.292. The molecule has 0 aliphatic rings. The topological polar surface area (TPSA) is 98.3 Å². The summed E-state index contributed by atoms with van der Waals surface area (Å²) in [6, 6.07) is 7.38. The number of halogens is 3. The molecule has 0 aliphatic heterocycles. The summed E-state index contributed by atoms with van der Waals surface area (Å²) in [5, 5.41) is 20.0. The Labute approximate surface area is 182 Å². The van der Waals surface area contributed by atoms with Crippen molar-refractivity contribution in [2.24, 2.45) is 7.05 Å². The lowest BCUT2D eigenvalue weighted by molar-refractivity contribution is 0.145. The van der Waals surface area contributed by atoms with E-state index in [1.807, 2.05) is 18.2 Å². The average molecular weight is 470 g/mol. The van der Waals surface area contributed by atoms with Crippen LogP contribution in [0.15, 0.2) is 45.3 Å². The maximum Gasteiger partial charge on any atom is 0.282 e. The Balaban J connectivity index is 1.32. The summed E-state index contributed by atoms with van der Waals surface area (Å²) in [4.78, 5) is 4.43. The van der Waals surface area contributed by atoms with Crippen LogP contribution in [0.5, 0.6) is 0 Å². The minimum Gasteiger partial charge on any atom is -0.411 e. The van der Waals surface area contributed by atoms with Crippen molar-refractivity contribution in [3.05, 3.63) is 41.2 Å². The van der Waals surface area contributed by atoms with Gasteiger partial charge in [-0.15, -0.1) is 15.3 Å². The van der Waals surface area contributed by atoms with Gasteiger partial charge in [0.15, 0.2) is 5.82 Å². The molecule has 4 rings (SSSR count). The largest absolute Gasteiger partial charge is 0.411 e. The number of thioether (sulfide) groups is 2. The van der Waals surface area contributed by atoms with Gasteiger partial charge in [-0.05, 0) is 12.1 Å². The van der Waals surface area contributed by atoms with Crippen LogP contribution in [0.2, 0.25) is 5.02 Å². The third kappa shape index (κ3) is 4.65. The molecular weight excluding hydrogens is 456 g/mol. The normalized spacial score (nSPS) is 11.5. The molecule has 30 heavy (non-hydrogen) atoms. The van der Waals surface area contributed by atoms with Gasteiger partial charge in [0.25, 0.3) is 17.5 Å². The molecule has 0 bridgehead atoms. The molecule has 8 nitrogen and oxygen atoms in total. The molecule has 0 fully saturated rings. The summed E-state index contributed by atoms with van der Waals surface area (Å²) in [7, 11) is 1.55. The predicted octanol–water partition coefficient (Wildman–Crippen LogP) is 4.73. The van der Waals surface area contributed by atoms with Crippen LogP contribution >= 0.6 is 35.1 Å². The summed E-state index contributed by atoms with van der Waals surface area (Å²) in [6.45, 7) is 0. The van der Waals surface area contributed by atoms with Gasteiger partial charge >= 0.3 is 0 Å². The lowest BCUT2D eigenvalue weighted by atomic mass is 10.2. The highest BCUT2D eigenvalue weighted by molar-refractivity contribution is 8.02. The van der Waals surface area contributed by atoms with Crippen LogP contribution in [-0.2, 0) is 7.05 Å². The average Bonchev–Trinajstić information content (AvgIpc) is 3.45. The zero-order chi connectivity index (χ0) is 21.1. The number of benzene rings is 1. The summed E-state index contributed by atoms with van der Waals surface area (Å²) in [5.41, 5.74) is 0.533. The number of hydrogen-bond acceptors (Lipinski definition) is 8. The van der Waals surface area contributed by atoms with Gasteiger partial charge in [-0.25, -0.2) is 13.8 Å². The van der Waals surface area contributed by atoms with Crippen molar-refractivity contribution in [2.75, 3.05) is 11.5 Å². The van der Waals surface area contributed by atoms with E-state index in [0.29, 0.717) is 32.7 Å². The van der Waals surface area contributed by atoms with Crippen molar-refractivity contribution in [2.45, 2.75) is 16.8 Å². The Kier molecular flexibility index (Phi) is 6.35. The molecule has 0 saturated heterocycles. The molecule has 0 amide bonds. The molecule has 0 aliphatic carbocycles. The molecule has 13 heteroatoms. The second-order valence-electron chi connectivity index (χ2n) is 5.92. The Hall–Kier alpha value is -2.44. The van der Waals surface area contributed by atoms with E-state index in [2.05, 4.69) is 30.5 Å². The molecule has 0 atom stereocenters. The van der Waals surface area contributed by atoms with Gasteiger partial charge in [0.2, 0.25) is 5.16 Å². The predicted molar refractivity (Wildman–Crippen MR) is 110 cm³/mol. The fourth-order valence-electron chi connectivity index (χ4n) is 2.56. The van der Waals surface area contributed by atoms with Crippen LogP contribution in [0.4, 0.5) is 8.78 Å². The fourth-order valence-corrected chi connectivity index (χ4v) is 4.31. The van der Waals surface area contributed by atoms with Gasteiger partial charge in [-0.2, -0.15) is 5.10 Å². The number of aromatic amines is 1. The maximum atomic E-state index is 13.1. The van der Waals surface area contributed by atoms with Gasteiger partial charge in [0, 0.05) is 30.3 Å². The minimum absolute atomic E-state index is 0.0203. The number of rotatable bonds is 8. The first-order valence-electron chi connectivity index (χ1n) is 8.59. The van der Waals surface area contributed by atoms with Gasteiger partial charge in [-0.3, -0.25) is 9.78 Å². The molecule has 0 radical (unpaired) electrons. The van der Waals surface area contributed by atoms with Crippen molar-refractivity contribution >= 4 is 35.1 Å². The maximum absolute atomic E-state index is 13.1. The number of nitrogens with zero attached hydrogens (tertiary/aromatic N) is 6. The molecule has 156 valence electrons. The Bertz CT molecular complexity index is 1150. The van der Waals surface area contributed by atoms with E-state index in [4.69, 9.17) is 16.0 Å². The van der Waals surface area contributed by atoms with Crippen molar-refractivity contribution in [1.82, 2.24) is 35.2 Å². The SMILES string of the molecule is Cn1cc(-c2nnc(SCCSc3n[nH]c(-c4ccccc4Cl)n3)o2)c(C(F)F)n1. The number of hydrogen-bond donors (Lipinski definition) is 1. The molecule has 0 spiro atoms. The molecule has 4 aromatic rings. The van der Waals surface area contributed by atoms with E-state index < -0.39 is 6.43 Å². The van der Waals surface area contributed by atoms with Crippen molar-refractivity contribution in [1.29, 1.82) is 0 Å². The van der Waals surface area contributed by atoms with Crippen LogP contribution in [0.25, 0.3) is 22.8 Å². The first-order valence-corrected chi connectivity index (χ1v) is 10.9. The Morgan fingerprint density at radius 1 is 1.17 bits per heavy atom. The second kappa shape index (κ2) is 9.14. The zero-order valence-electron chi connectivity index (χ0n) is 15.4. The second-order valence-corrected chi connectivity index (χ2v) is 8.43. The number of aryl methyl sites for hydroxylation is 1. The van der Waals surface area contributed by atoms with Gasteiger partial charge in [-0.1, -0.05) is 47.3 Å². The fraction of sp³-hybridized carbons (Fsp3) is 0.235. The van der Waals surface area contributed by atoms with E-state index >= 15 is 0 Å². The summed E-state index contributed by atoms with van der Waals surface area (Å²) in [5.74, 6) is 1.93. The summed E-state index contributed by atoms with van der Waals surface area (Å²) >= 11 is 8.94. The van der Waals surface area contributed by atoms with E-state index in [-0.39, 0.29) is 17.1 Å². The van der Waals surface area contributed by atoms with Gasteiger partial charge in [0.1, 0.15) is 5.69 Å². The number of nitrogens with one attached hydrogen (secondary N) is 1. The van der Waals surface area contributed by atoms with E-state index in [1.54, 1.807) is 13.1 Å². The molecule has 3 heterocycles. The van der Waals surface area contributed by atoms with E-state index in [9.17, 15) is 8.78 Å². The number of H-pyrrole nitrogens is 1. The monoisotopic (exact) mass is 469 g/mol. The minimum atomic E-state index is -2.72. The van der Waals surface area contributed by atoms with E-state index in [0.717, 1.165) is 5.56 Å². The molecule has 0 unspecified atom stereocenters. The third-order valence-electron chi connectivity index (χ3n) is 3.83. The molecular formula is C17H14ClF2N7OS2. The molecule has 1 N–H and O–H groups in total. The highest BCUT2D eigenvalue weighted by atomic mass is 35.5. The van der Waals surface area contributed by atoms with Crippen LogP contribution in [0.1, 0.15) is 12.1 Å². The van der Waals surface area contributed by atoms with Crippen molar-refractivity contribution < 1.29 is 13.2 Å². The Morgan fingerprint density at radius 2 is 1.97 bits per heavy atom. The lowest BCUT2D eigenvalue weighted by Gasteiger charge is -1.98. The Morgan fingerprint density at radius 3 is 2.77 bits per heavy atom. The van der Waals surface area contributed by atoms with Crippen LogP contribution in [0.3, 0.4) is 0 Å². The molecule has 0 saturated carbocycles. The first-order chi connectivity index (χ1) is 14.5. The number of alkyl halides is 2. The summed E-state index contributed by atoms with van der Waals surface area (Å²) < 4.78 is 32.9. The van der Waals surface area contributed by atoms with Crippen LogP contribution in [-0.4, -0.2) is 46.7 Å². The molecule has 3 aromatic heterocycles. The highest BCUT2D eigenvalue weighted by Crippen LogP contribution is 2.31. The van der Waals surface area contributed by atoms with Gasteiger partial charge < -0.3 is 4.42 Å².